The van der Waals surface area contributed by atoms with Crippen molar-refractivity contribution in [1.29, 1.82) is 0 Å². The quantitative estimate of drug-likeness (QED) is 0.827. The molecule has 6 nitrogen and oxygen atoms in total. The third-order valence-corrected chi connectivity index (χ3v) is 5.01. The lowest BCUT2D eigenvalue weighted by Crippen LogP contribution is -2.41. The van der Waals surface area contributed by atoms with Gasteiger partial charge in [-0.05, 0) is 50.1 Å². The molecule has 7 heteroatoms. The predicted octanol–water partition coefficient (Wildman–Crippen LogP) is 3.08. The van der Waals surface area contributed by atoms with Gasteiger partial charge < -0.3 is 15.0 Å². The number of likely N-dealkylation sites (tertiary alicyclic amines) is 1. The fourth-order valence-corrected chi connectivity index (χ4v) is 3.27. The molecule has 1 N–H and O–H groups in total. The van der Waals surface area contributed by atoms with Gasteiger partial charge in [0.1, 0.15) is 11.9 Å². The SMILES string of the molecule is Cc1ccc(NC(=O)[C@@H](C)N2CC[C@@H](Oc3cccnc3N(C)C)C2)cc1F. The summed E-state index contributed by atoms with van der Waals surface area (Å²) in [6.07, 6.45) is 2.57. The first-order valence-electron chi connectivity index (χ1n) is 9.45. The van der Waals surface area contributed by atoms with Gasteiger partial charge in [0.25, 0.3) is 0 Å². The van der Waals surface area contributed by atoms with Crippen LogP contribution in [0.15, 0.2) is 36.5 Å². The smallest absolute Gasteiger partial charge is 0.241 e. The predicted molar refractivity (Wildman–Crippen MR) is 108 cm³/mol. The minimum absolute atomic E-state index is 0.00466. The number of hydrogen-bond donors (Lipinski definition) is 1. The van der Waals surface area contributed by atoms with Crippen LogP contribution in [0.3, 0.4) is 0 Å². The topological polar surface area (TPSA) is 57.7 Å². The fraction of sp³-hybridized carbons (Fsp3) is 0.429. The number of carbonyl (C=O) groups is 1. The summed E-state index contributed by atoms with van der Waals surface area (Å²) in [5, 5.41) is 2.80. The molecule has 1 aromatic carbocycles. The van der Waals surface area contributed by atoms with E-state index in [1.807, 2.05) is 38.1 Å². The van der Waals surface area contributed by atoms with Gasteiger partial charge in [-0.25, -0.2) is 9.37 Å². The summed E-state index contributed by atoms with van der Waals surface area (Å²) in [5.41, 5.74) is 1.02. The largest absolute Gasteiger partial charge is 0.485 e. The van der Waals surface area contributed by atoms with E-state index in [0.29, 0.717) is 17.8 Å². The van der Waals surface area contributed by atoms with E-state index in [0.717, 1.165) is 24.5 Å². The second-order valence-electron chi connectivity index (χ2n) is 7.37. The minimum atomic E-state index is -0.333. The molecule has 3 rings (SSSR count). The average Bonchev–Trinajstić information content (AvgIpc) is 3.12. The first-order chi connectivity index (χ1) is 13.3. The van der Waals surface area contributed by atoms with Gasteiger partial charge in [-0.15, -0.1) is 0 Å². The number of anilines is 2. The summed E-state index contributed by atoms with van der Waals surface area (Å²) in [6, 6.07) is 8.15. The maximum absolute atomic E-state index is 13.7. The van der Waals surface area contributed by atoms with Crippen LogP contribution in [0.2, 0.25) is 0 Å². The molecule has 1 aliphatic heterocycles. The second-order valence-corrected chi connectivity index (χ2v) is 7.37. The normalized spacial score (nSPS) is 18.0. The van der Waals surface area contributed by atoms with E-state index in [-0.39, 0.29) is 23.9 Å². The summed E-state index contributed by atoms with van der Waals surface area (Å²) in [5.74, 6) is 1.05. The summed E-state index contributed by atoms with van der Waals surface area (Å²) >= 11 is 0. The number of pyridine rings is 1. The van der Waals surface area contributed by atoms with Crippen LogP contribution in [0, 0.1) is 12.7 Å². The van der Waals surface area contributed by atoms with Gasteiger partial charge in [0, 0.05) is 39.1 Å². The summed E-state index contributed by atoms with van der Waals surface area (Å²) in [6.45, 7) is 4.97. The monoisotopic (exact) mass is 386 g/mol. The Morgan fingerprint density at radius 2 is 2.18 bits per heavy atom. The van der Waals surface area contributed by atoms with E-state index >= 15 is 0 Å². The number of nitrogens with zero attached hydrogens (tertiary/aromatic N) is 3. The Bertz CT molecular complexity index is 843. The molecule has 0 unspecified atom stereocenters. The average molecular weight is 386 g/mol. The number of benzene rings is 1. The molecule has 2 aromatic rings. The zero-order chi connectivity index (χ0) is 20.3. The Morgan fingerprint density at radius 3 is 2.89 bits per heavy atom. The van der Waals surface area contributed by atoms with Gasteiger partial charge in [-0.2, -0.15) is 0 Å². The molecule has 0 radical (unpaired) electrons. The molecule has 1 saturated heterocycles. The van der Waals surface area contributed by atoms with Crippen molar-refractivity contribution in [3.63, 3.8) is 0 Å². The Hall–Kier alpha value is -2.67. The van der Waals surface area contributed by atoms with E-state index in [4.69, 9.17) is 4.74 Å². The molecule has 2 atom stereocenters. The van der Waals surface area contributed by atoms with Gasteiger partial charge in [0.2, 0.25) is 5.91 Å². The number of rotatable bonds is 6. The van der Waals surface area contributed by atoms with Gasteiger partial charge in [-0.3, -0.25) is 9.69 Å². The van der Waals surface area contributed by atoms with Crippen LogP contribution in [-0.2, 0) is 4.79 Å². The van der Waals surface area contributed by atoms with Crippen molar-refractivity contribution >= 4 is 17.4 Å². The lowest BCUT2D eigenvalue weighted by molar-refractivity contribution is -0.120. The fourth-order valence-electron chi connectivity index (χ4n) is 3.27. The molecule has 1 amide bonds. The van der Waals surface area contributed by atoms with Crippen molar-refractivity contribution in [3.8, 4) is 5.75 Å². The molecular formula is C21H27FN4O2. The molecule has 1 aliphatic rings. The number of amides is 1. The number of hydrogen-bond acceptors (Lipinski definition) is 5. The molecule has 0 saturated carbocycles. The van der Waals surface area contributed by atoms with Crippen LogP contribution in [0.4, 0.5) is 15.9 Å². The van der Waals surface area contributed by atoms with E-state index in [1.54, 1.807) is 25.3 Å². The van der Waals surface area contributed by atoms with Crippen LogP contribution in [0.25, 0.3) is 0 Å². The first kappa shape index (κ1) is 20.1. The van der Waals surface area contributed by atoms with Crippen molar-refractivity contribution in [2.75, 3.05) is 37.4 Å². The van der Waals surface area contributed by atoms with Crippen molar-refractivity contribution in [2.24, 2.45) is 0 Å². The third kappa shape index (κ3) is 4.59. The highest BCUT2D eigenvalue weighted by Crippen LogP contribution is 2.27. The molecule has 0 aliphatic carbocycles. The maximum Gasteiger partial charge on any atom is 0.241 e. The number of aryl methyl sites for hydroxylation is 1. The lowest BCUT2D eigenvalue weighted by atomic mass is 10.2. The van der Waals surface area contributed by atoms with E-state index in [2.05, 4.69) is 15.2 Å². The molecule has 2 heterocycles. The van der Waals surface area contributed by atoms with Crippen molar-refractivity contribution in [1.82, 2.24) is 9.88 Å². The zero-order valence-electron chi connectivity index (χ0n) is 16.8. The number of halogens is 1. The standard InChI is InChI=1S/C21H27FN4O2/c1-14-7-8-16(12-18(14)22)24-21(27)15(2)26-11-9-17(13-26)28-19-6-5-10-23-20(19)25(3)4/h5-8,10,12,15,17H,9,11,13H2,1-4H3,(H,24,27)/t15-,17-/m1/s1. The Labute approximate surface area is 165 Å². The lowest BCUT2D eigenvalue weighted by Gasteiger charge is -2.24. The highest BCUT2D eigenvalue weighted by Gasteiger charge is 2.31. The van der Waals surface area contributed by atoms with Crippen LogP contribution >= 0.6 is 0 Å². The molecule has 1 fully saturated rings. The minimum Gasteiger partial charge on any atom is -0.485 e. The van der Waals surface area contributed by atoms with Crippen LogP contribution in [0.5, 0.6) is 5.75 Å². The van der Waals surface area contributed by atoms with Gasteiger partial charge in [-0.1, -0.05) is 6.07 Å². The molecule has 0 spiro atoms. The second kappa shape index (κ2) is 8.56. The van der Waals surface area contributed by atoms with Crippen LogP contribution < -0.4 is 15.0 Å². The molecule has 1 aromatic heterocycles. The van der Waals surface area contributed by atoms with Gasteiger partial charge in [0.05, 0.1) is 6.04 Å². The summed E-state index contributed by atoms with van der Waals surface area (Å²) in [4.78, 5) is 20.9. The Kier molecular flexibility index (Phi) is 6.14. The maximum atomic E-state index is 13.7. The van der Waals surface area contributed by atoms with E-state index in [9.17, 15) is 9.18 Å². The molecule has 0 bridgehead atoms. The van der Waals surface area contributed by atoms with Gasteiger partial charge >= 0.3 is 0 Å². The molecule has 150 valence electrons. The third-order valence-electron chi connectivity index (χ3n) is 5.01. The summed E-state index contributed by atoms with van der Waals surface area (Å²) in [7, 11) is 3.85. The number of aromatic nitrogens is 1. The van der Waals surface area contributed by atoms with E-state index < -0.39 is 0 Å². The number of nitrogens with one attached hydrogen (secondary N) is 1. The number of ether oxygens (including phenoxy) is 1. The molecule has 28 heavy (non-hydrogen) atoms. The van der Waals surface area contributed by atoms with Crippen molar-refractivity contribution in [3.05, 3.63) is 47.9 Å². The Morgan fingerprint density at radius 1 is 1.39 bits per heavy atom. The first-order valence-corrected chi connectivity index (χ1v) is 9.45. The van der Waals surface area contributed by atoms with Crippen LogP contribution in [-0.4, -0.2) is 55.1 Å². The van der Waals surface area contributed by atoms with Crippen LogP contribution in [0.1, 0.15) is 18.9 Å². The summed E-state index contributed by atoms with van der Waals surface area (Å²) < 4.78 is 19.8. The number of carbonyl (C=O) groups excluding carboxylic acids is 1. The van der Waals surface area contributed by atoms with Gasteiger partial charge in [0.15, 0.2) is 11.6 Å². The van der Waals surface area contributed by atoms with Crippen molar-refractivity contribution in [2.45, 2.75) is 32.4 Å². The zero-order valence-corrected chi connectivity index (χ0v) is 16.8. The molecular weight excluding hydrogens is 359 g/mol. The highest BCUT2D eigenvalue weighted by molar-refractivity contribution is 5.94. The Balaban J connectivity index is 1.58. The van der Waals surface area contributed by atoms with Crippen molar-refractivity contribution < 1.29 is 13.9 Å². The van der Waals surface area contributed by atoms with E-state index in [1.165, 1.54) is 6.07 Å². The highest BCUT2D eigenvalue weighted by atomic mass is 19.1.